The number of aryl methyl sites for hydroxylation is 1. The molecule has 0 unspecified atom stereocenters. The number of fused-ring (bicyclic) bond motifs is 1. The van der Waals surface area contributed by atoms with E-state index in [1.165, 1.54) is 0 Å². The van der Waals surface area contributed by atoms with Crippen LogP contribution in [0.3, 0.4) is 0 Å². The summed E-state index contributed by atoms with van der Waals surface area (Å²) < 4.78 is 13.1. The molecule has 0 saturated heterocycles. The number of allylic oxidation sites excluding steroid dienone is 1. The summed E-state index contributed by atoms with van der Waals surface area (Å²) in [4.78, 5) is 0. The minimum atomic E-state index is 0.220. The number of hydrogen-bond donors (Lipinski definition) is 0. The molecule has 0 fully saturated rings. The average Bonchev–Trinajstić information content (AvgIpc) is 3.04. The van der Waals surface area contributed by atoms with E-state index in [1.54, 1.807) is 23.0 Å². The Morgan fingerprint density at radius 1 is 1.45 bits per heavy atom. The molecule has 3 rings (SSSR count). The van der Waals surface area contributed by atoms with Gasteiger partial charge in [0.2, 0.25) is 6.79 Å². The molecule has 0 aliphatic carbocycles. The van der Waals surface area contributed by atoms with Gasteiger partial charge in [0.25, 0.3) is 0 Å². The minimum Gasteiger partial charge on any atom is -0.454 e. The number of aromatic nitrogens is 2. The van der Waals surface area contributed by atoms with Gasteiger partial charge in [-0.2, -0.15) is 10.4 Å². The van der Waals surface area contributed by atoms with Crippen LogP contribution in [0.1, 0.15) is 11.3 Å². The predicted octanol–water partition coefficient (Wildman–Crippen LogP) is 2.98. The summed E-state index contributed by atoms with van der Waals surface area (Å²) >= 11 is 3.42. The van der Waals surface area contributed by atoms with Crippen LogP contribution in [-0.2, 0) is 7.05 Å². The second kappa shape index (κ2) is 5.02. The van der Waals surface area contributed by atoms with Crippen molar-refractivity contribution >= 4 is 27.6 Å². The Bertz CT molecular complexity index is 724. The molecule has 0 saturated carbocycles. The molecule has 6 heteroatoms. The van der Waals surface area contributed by atoms with Gasteiger partial charge in [-0.25, -0.2) is 0 Å². The van der Waals surface area contributed by atoms with Crippen molar-refractivity contribution in [2.75, 3.05) is 6.79 Å². The van der Waals surface area contributed by atoms with E-state index in [9.17, 15) is 5.26 Å². The lowest BCUT2D eigenvalue weighted by Gasteiger charge is -2.03. The largest absolute Gasteiger partial charge is 0.454 e. The quantitative estimate of drug-likeness (QED) is 0.794. The van der Waals surface area contributed by atoms with Crippen molar-refractivity contribution in [3.63, 3.8) is 0 Å². The SMILES string of the molecule is Cn1ncc(Br)c1/C=C(\C#N)c1ccc2c(c1)OCO2. The number of rotatable bonds is 2. The van der Waals surface area contributed by atoms with Gasteiger partial charge < -0.3 is 9.47 Å². The maximum atomic E-state index is 9.37. The third-order valence-electron chi connectivity index (χ3n) is 3.02. The van der Waals surface area contributed by atoms with Crippen molar-refractivity contribution in [2.45, 2.75) is 0 Å². The van der Waals surface area contributed by atoms with Crippen LogP contribution in [0.25, 0.3) is 11.6 Å². The summed E-state index contributed by atoms with van der Waals surface area (Å²) in [5, 5.41) is 13.5. The zero-order valence-electron chi connectivity index (χ0n) is 10.6. The average molecular weight is 332 g/mol. The molecule has 2 heterocycles. The second-order valence-corrected chi connectivity index (χ2v) is 5.09. The molecule has 1 aliphatic rings. The molecule has 0 atom stereocenters. The van der Waals surface area contributed by atoms with Gasteiger partial charge in [-0.3, -0.25) is 4.68 Å². The lowest BCUT2D eigenvalue weighted by atomic mass is 10.1. The highest BCUT2D eigenvalue weighted by Gasteiger charge is 2.15. The van der Waals surface area contributed by atoms with Gasteiger partial charge in [-0.15, -0.1) is 0 Å². The van der Waals surface area contributed by atoms with Crippen LogP contribution in [-0.4, -0.2) is 16.6 Å². The second-order valence-electron chi connectivity index (χ2n) is 4.24. The van der Waals surface area contributed by atoms with Gasteiger partial charge in [0.1, 0.15) is 0 Å². The first-order valence-corrected chi connectivity index (χ1v) is 6.67. The molecule has 0 spiro atoms. The standard InChI is InChI=1S/C14H10BrN3O2/c1-18-12(11(15)7-17-18)4-10(6-16)9-2-3-13-14(5-9)20-8-19-13/h2-5,7H,8H2,1H3/b10-4+. The summed E-state index contributed by atoms with van der Waals surface area (Å²) in [5.74, 6) is 1.36. The summed E-state index contributed by atoms with van der Waals surface area (Å²) in [5.41, 5.74) is 2.15. The van der Waals surface area contributed by atoms with Gasteiger partial charge in [-0.1, -0.05) is 0 Å². The number of nitriles is 1. The molecule has 0 N–H and O–H groups in total. The van der Waals surface area contributed by atoms with Gasteiger partial charge in [0, 0.05) is 7.05 Å². The third kappa shape index (κ3) is 2.17. The Balaban J connectivity index is 2.05. The molecule has 1 aliphatic heterocycles. The summed E-state index contributed by atoms with van der Waals surface area (Å²) in [6, 6.07) is 7.66. The monoisotopic (exact) mass is 331 g/mol. The van der Waals surface area contributed by atoms with Crippen molar-refractivity contribution in [3.8, 4) is 17.6 Å². The fraction of sp³-hybridized carbons (Fsp3) is 0.143. The topological polar surface area (TPSA) is 60.1 Å². The molecule has 1 aromatic carbocycles. The maximum absolute atomic E-state index is 9.37. The molecule has 0 bridgehead atoms. The molecule has 0 radical (unpaired) electrons. The van der Waals surface area contributed by atoms with Crippen molar-refractivity contribution in [1.29, 1.82) is 5.26 Å². The number of benzene rings is 1. The highest BCUT2D eigenvalue weighted by Crippen LogP contribution is 2.35. The van der Waals surface area contributed by atoms with Gasteiger partial charge in [-0.05, 0) is 45.8 Å². The third-order valence-corrected chi connectivity index (χ3v) is 3.63. The van der Waals surface area contributed by atoms with E-state index in [0.717, 1.165) is 15.7 Å². The van der Waals surface area contributed by atoms with E-state index >= 15 is 0 Å². The van der Waals surface area contributed by atoms with E-state index in [-0.39, 0.29) is 6.79 Å². The van der Waals surface area contributed by atoms with E-state index in [1.807, 2.05) is 19.2 Å². The van der Waals surface area contributed by atoms with Crippen LogP contribution in [0.15, 0.2) is 28.9 Å². The minimum absolute atomic E-state index is 0.220. The smallest absolute Gasteiger partial charge is 0.231 e. The summed E-state index contributed by atoms with van der Waals surface area (Å²) in [6.45, 7) is 0.220. The molecular weight excluding hydrogens is 322 g/mol. The molecule has 5 nitrogen and oxygen atoms in total. The van der Waals surface area contributed by atoms with E-state index < -0.39 is 0 Å². The van der Waals surface area contributed by atoms with Crippen LogP contribution in [0.2, 0.25) is 0 Å². The zero-order valence-corrected chi connectivity index (χ0v) is 12.2. The van der Waals surface area contributed by atoms with Crippen molar-refractivity contribution in [1.82, 2.24) is 9.78 Å². The lowest BCUT2D eigenvalue weighted by Crippen LogP contribution is -1.94. The van der Waals surface area contributed by atoms with Crippen LogP contribution < -0.4 is 9.47 Å². The van der Waals surface area contributed by atoms with E-state index in [4.69, 9.17) is 9.47 Å². The zero-order chi connectivity index (χ0) is 14.1. The Kier molecular flexibility index (Phi) is 3.20. The normalized spacial score (nSPS) is 13.3. The number of ether oxygens (including phenoxy) is 2. The number of hydrogen-bond acceptors (Lipinski definition) is 4. The number of nitrogens with zero attached hydrogens (tertiary/aromatic N) is 3. The van der Waals surface area contributed by atoms with E-state index in [2.05, 4.69) is 27.1 Å². The molecule has 20 heavy (non-hydrogen) atoms. The first-order valence-electron chi connectivity index (χ1n) is 5.88. The molecule has 0 amide bonds. The Labute approximate surface area is 124 Å². The highest BCUT2D eigenvalue weighted by atomic mass is 79.9. The fourth-order valence-corrected chi connectivity index (χ4v) is 2.43. The fourth-order valence-electron chi connectivity index (χ4n) is 1.96. The Morgan fingerprint density at radius 3 is 2.95 bits per heavy atom. The summed E-state index contributed by atoms with van der Waals surface area (Å²) in [7, 11) is 1.82. The van der Waals surface area contributed by atoms with Crippen LogP contribution in [0.4, 0.5) is 0 Å². The van der Waals surface area contributed by atoms with Crippen molar-refractivity contribution < 1.29 is 9.47 Å². The number of halogens is 1. The lowest BCUT2D eigenvalue weighted by molar-refractivity contribution is 0.174. The highest BCUT2D eigenvalue weighted by molar-refractivity contribution is 9.10. The maximum Gasteiger partial charge on any atom is 0.231 e. The van der Waals surface area contributed by atoms with E-state index in [0.29, 0.717) is 17.1 Å². The Hall–Kier alpha value is -2.26. The summed E-state index contributed by atoms with van der Waals surface area (Å²) in [6.07, 6.45) is 3.48. The molecule has 100 valence electrons. The van der Waals surface area contributed by atoms with Crippen LogP contribution in [0, 0.1) is 11.3 Å². The molecular formula is C14H10BrN3O2. The van der Waals surface area contributed by atoms with Crippen LogP contribution >= 0.6 is 15.9 Å². The van der Waals surface area contributed by atoms with Crippen molar-refractivity contribution in [3.05, 3.63) is 40.1 Å². The predicted molar refractivity (Wildman–Crippen MR) is 77.0 cm³/mol. The molecule has 1 aromatic heterocycles. The molecule has 2 aromatic rings. The first kappa shape index (κ1) is 12.8. The van der Waals surface area contributed by atoms with Gasteiger partial charge in [0.15, 0.2) is 11.5 Å². The van der Waals surface area contributed by atoms with Gasteiger partial charge >= 0.3 is 0 Å². The Morgan fingerprint density at radius 2 is 2.25 bits per heavy atom. The van der Waals surface area contributed by atoms with Crippen molar-refractivity contribution in [2.24, 2.45) is 7.05 Å². The van der Waals surface area contributed by atoms with Gasteiger partial charge in [0.05, 0.1) is 28.0 Å². The van der Waals surface area contributed by atoms with Crippen LogP contribution in [0.5, 0.6) is 11.5 Å². The first-order chi connectivity index (χ1) is 9.69.